The maximum atomic E-state index is 6.15. The molecule has 1 aromatic rings. The molecule has 0 fully saturated rings. The van der Waals surface area contributed by atoms with Crippen LogP contribution in [0.4, 0.5) is 0 Å². The van der Waals surface area contributed by atoms with Crippen molar-refractivity contribution in [2.24, 2.45) is 5.73 Å². The van der Waals surface area contributed by atoms with Crippen molar-refractivity contribution in [3.05, 3.63) is 35.9 Å². The predicted octanol–water partition coefficient (Wildman–Crippen LogP) is 1.93. The first-order valence-corrected chi connectivity index (χ1v) is 9.27. The van der Waals surface area contributed by atoms with E-state index in [0.29, 0.717) is 0 Å². The first kappa shape index (κ1) is 18.3. The summed E-state index contributed by atoms with van der Waals surface area (Å²) in [5.74, 6) is 0. The molecule has 120 valence electrons. The summed E-state index contributed by atoms with van der Waals surface area (Å²) in [4.78, 5) is 0. The van der Waals surface area contributed by atoms with Gasteiger partial charge in [-0.15, -0.1) is 0 Å². The van der Waals surface area contributed by atoms with Crippen molar-refractivity contribution in [3.63, 3.8) is 0 Å². The van der Waals surface area contributed by atoms with Crippen LogP contribution in [0.1, 0.15) is 24.4 Å². The van der Waals surface area contributed by atoms with Crippen LogP contribution in [0.25, 0.3) is 0 Å². The van der Waals surface area contributed by atoms with E-state index in [9.17, 15) is 0 Å². The molecule has 21 heavy (non-hydrogen) atoms. The Morgan fingerprint density at radius 2 is 1.67 bits per heavy atom. The average Bonchev–Trinajstić information content (AvgIpc) is 2.55. The molecule has 1 rings (SSSR count). The number of hydrogen-bond acceptors (Lipinski definition) is 5. The molecule has 3 N–H and O–H groups in total. The van der Waals surface area contributed by atoms with E-state index in [2.05, 4.69) is 17.4 Å². The molecule has 6 heteroatoms. The minimum Gasteiger partial charge on any atom is -0.377 e. The van der Waals surface area contributed by atoms with Crippen LogP contribution in [0.15, 0.2) is 30.3 Å². The van der Waals surface area contributed by atoms with Gasteiger partial charge in [-0.25, -0.2) is 0 Å². The third-order valence-corrected chi connectivity index (χ3v) is 6.46. The molecule has 0 saturated heterocycles. The average molecular weight is 312 g/mol. The Kier molecular flexibility index (Phi) is 8.75. The third kappa shape index (κ3) is 6.25. The van der Waals surface area contributed by atoms with Crippen LogP contribution < -0.4 is 11.1 Å². The number of nitrogens with two attached hydrogens (primary N) is 1. The highest BCUT2D eigenvalue weighted by molar-refractivity contribution is 6.60. The van der Waals surface area contributed by atoms with Gasteiger partial charge in [0.15, 0.2) is 0 Å². The summed E-state index contributed by atoms with van der Waals surface area (Å²) in [6.45, 7) is 1.81. The minimum atomic E-state index is -2.42. The zero-order chi connectivity index (χ0) is 15.6. The highest BCUT2D eigenvalue weighted by Gasteiger charge is 2.36. The highest BCUT2D eigenvalue weighted by Crippen LogP contribution is 2.15. The fourth-order valence-corrected chi connectivity index (χ4v) is 3.96. The molecule has 0 aliphatic rings. The molecule has 1 unspecified atom stereocenters. The van der Waals surface area contributed by atoms with Crippen molar-refractivity contribution in [2.75, 3.05) is 34.4 Å². The van der Waals surface area contributed by atoms with E-state index in [1.54, 1.807) is 21.3 Å². The van der Waals surface area contributed by atoms with Gasteiger partial charge in [-0.3, -0.25) is 0 Å². The molecular weight excluding hydrogens is 284 g/mol. The maximum Gasteiger partial charge on any atom is 0.500 e. The smallest absolute Gasteiger partial charge is 0.377 e. The number of nitrogens with one attached hydrogen (secondary N) is 1. The van der Waals surface area contributed by atoms with Crippen LogP contribution in [-0.4, -0.2) is 43.2 Å². The van der Waals surface area contributed by atoms with Gasteiger partial charge in [0.25, 0.3) is 0 Å². The lowest BCUT2D eigenvalue weighted by Gasteiger charge is -2.24. The molecule has 0 heterocycles. The van der Waals surface area contributed by atoms with Gasteiger partial charge in [-0.05, 0) is 31.5 Å². The summed E-state index contributed by atoms with van der Waals surface area (Å²) in [5.41, 5.74) is 7.33. The van der Waals surface area contributed by atoms with Gasteiger partial charge in [-0.2, -0.15) is 0 Å². The lowest BCUT2D eigenvalue weighted by atomic mass is 10.1. The molecular formula is C15H28N2O3Si. The molecule has 1 aromatic carbocycles. The zero-order valence-electron chi connectivity index (χ0n) is 13.3. The SMILES string of the molecule is CO[Si](CCCNCCC(N)c1ccccc1)(OC)OC. The van der Waals surface area contributed by atoms with E-state index in [0.717, 1.165) is 32.0 Å². The second-order valence-corrected chi connectivity index (χ2v) is 8.05. The Morgan fingerprint density at radius 1 is 1.05 bits per heavy atom. The number of benzene rings is 1. The summed E-state index contributed by atoms with van der Waals surface area (Å²) in [6, 6.07) is 11.1. The Labute approximate surface area is 129 Å². The molecule has 0 aliphatic heterocycles. The van der Waals surface area contributed by atoms with Crippen LogP contribution in [0.3, 0.4) is 0 Å². The molecule has 0 radical (unpaired) electrons. The van der Waals surface area contributed by atoms with Crippen LogP contribution in [0.5, 0.6) is 0 Å². The van der Waals surface area contributed by atoms with Crippen LogP contribution >= 0.6 is 0 Å². The first-order valence-electron chi connectivity index (χ1n) is 7.34. The largest absolute Gasteiger partial charge is 0.500 e. The Hall–Kier alpha value is -0.763. The fraction of sp³-hybridized carbons (Fsp3) is 0.600. The highest BCUT2D eigenvalue weighted by atomic mass is 28.4. The van der Waals surface area contributed by atoms with E-state index in [1.165, 1.54) is 5.56 Å². The normalized spacial score (nSPS) is 13.3. The molecule has 0 bridgehead atoms. The van der Waals surface area contributed by atoms with Gasteiger partial charge in [0, 0.05) is 33.4 Å². The van der Waals surface area contributed by atoms with Gasteiger partial charge < -0.3 is 24.3 Å². The lowest BCUT2D eigenvalue weighted by Crippen LogP contribution is -2.43. The van der Waals surface area contributed by atoms with E-state index < -0.39 is 8.80 Å². The second kappa shape index (κ2) is 10.0. The molecule has 0 saturated carbocycles. The maximum absolute atomic E-state index is 6.15. The van der Waals surface area contributed by atoms with E-state index in [-0.39, 0.29) is 6.04 Å². The van der Waals surface area contributed by atoms with Crippen LogP contribution in [0, 0.1) is 0 Å². The monoisotopic (exact) mass is 312 g/mol. The fourth-order valence-electron chi connectivity index (χ4n) is 2.24. The van der Waals surface area contributed by atoms with Crippen molar-refractivity contribution in [1.82, 2.24) is 5.32 Å². The van der Waals surface area contributed by atoms with Crippen LogP contribution in [-0.2, 0) is 13.3 Å². The molecule has 0 aliphatic carbocycles. The zero-order valence-corrected chi connectivity index (χ0v) is 14.3. The second-order valence-electron chi connectivity index (χ2n) is 4.95. The van der Waals surface area contributed by atoms with E-state index in [4.69, 9.17) is 19.0 Å². The predicted molar refractivity (Wildman–Crippen MR) is 87.1 cm³/mol. The third-order valence-electron chi connectivity index (χ3n) is 3.63. The summed E-state index contributed by atoms with van der Waals surface area (Å²) in [6.07, 6.45) is 1.88. The number of rotatable bonds is 11. The van der Waals surface area contributed by atoms with Gasteiger partial charge >= 0.3 is 8.80 Å². The van der Waals surface area contributed by atoms with Crippen molar-refractivity contribution in [3.8, 4) is 0 Å². The van der Waals surface area contributed by atoms with E-state index >= 15 is 0 Å². The lowest BCUT2D eigenvalue weighted by molar-refractivity contribution is 0.123. The van der Waals surface area contributed by atoms with Crippen molar-refractivity contribution >= 4 is 8.80 Å². The van der Waals surface area contributed by atoms with Gasteiger partial charge in [0.05, 0.1) is 0 Å². The van der Waals surface area contributed by atoms with Crippen molar-refractivity contribution in [1.29, 1.82) is 0 Å². The van der Waals surface area contributed by atoms with Crippen molar-refractivity contribution < 1.29 is 13.3 Å². The number of hydrogen-bond donors (Lipinski definition) is 2. The molecule has 1 atom stereocenters. The van der Waals surface area contributed by atoms with Gasteiger partial charge in [0.1, 0.15) is 0 Å². The van der Waals surface area contributed by atoms with E-state index in [1.807, 2.05) is 18.2 Å². The quantitative estimate of drug-likeness (QED) is 0.483. The summed E-state index contributed by atoms with van der Waals surface area (Å²) < 4.78 is 16.2. The molecule has 0 amide bonds. The van der Waals surface area contributed by atoms with Gasteiger partial charge in [0.2, 0.25) is 0 Å². The Balaban J connectivity index is 2.15. The Bertz CT molecular complexity index is 366. The summed E-state index contributed by atoms with van der Waals surface area (Å²) >= 11 is 0. The first-order chi connectivity index (χ1) is 10.2. The molecule has 0 spiro atoms. The molecule has 5 nitrogen and oxygen atoms in total. The van der Waals surface area contributed by atoms with Crippen molar-refractivity contribution in [2.45, 2.75) is 24.9 Å². The van der Waals surface area contributed by atoms with Gasteiger partial charge in [-0.1, -0.05) is 30.3 Å². The van der Waals surface area contributed by atoms with Crippen LogP contribution in [0.2, 0.25) is 6.04 Å². The summed E-state index contributed by atoms with van der Waals surface area (Å²) in [5, 5.41) is 3.41. The topological polar surface area (TPSA) is 65.7 Å². The standard InChI is InChI=1S/C15H28N2O3Si/c1-18-21(19-2,20-3)13-7-11-17-12-10-15(16)14-8-5-4-6-9-14/h4-6,8-9,15,17H,7,10-13,16H2,1-3H3. The summed E-state index contributed by atoms with van der Waals surface area (Å²) in [7, 11) is 2.52. The Morgan fingerprint density at radius 3 is 2.24 bits per heavy atom. The minimum absolute atomic E-state index is 0.0871. The molecule has 0 aromatic heterocycles.